The van der Waals surface area contributed by atoms with E-state index in [1.54, 1.807) is 6.07 Å². The number of amides is 1. The molecule has 2 aliphatic carbocycles. The summed E-state index contributed by atoms with van der Waals surface area (Å²) in [7, 11) is 0. The van der Waals surface area contributed by atoms with Crippen LogP contribution in [0.4, 0.5) is 11.4 Å². The van der Waals surface area contributed by atoms with Gasteiger partial charge in [-0.25, -0.2) is 0 Å². The Balaban J connectivity index is 1.34. The molecule has 3 aromatic rings. The Morgan fingerprint density at radius 1 is 1.00 bits per heavy atom. The fraction of sp³-hybridized carbons (Fsp3) is 0.296. The van der Waals surface area contributed by atoms with E-state index >= 15 is 0 Å². The third-order valence-corrected chi connectivity index (χ3v) is 8.92. The number of hydrogen-bond acceptors (Lipinski definition) is 2. The van der Waals surface area contributed by atoms with Gasteiger partial charge in [0.25, 0.3) is 5.91 Å². The van der Waals surface area contributed by atoms with E-state index in [1.165, 1.54) is 36.1 Å². The minimum absolute atomic E-state index is 0.101. The Labute approximate surface area is 201 Å². The van der Waals surface area contributed by atoms with Crippen molar-refractivity contribution in [3.8, 4) is 0 Å². The van der Waals surface area contributed by atoms with Gasteiger partial charge >= 0.3 is 0 Å². The molecule has 5 heteroatoms. The molecular weight excluding hydrogens is 484 g/mol. The summed E-state index contributed by atoms with van der Waals surface area (Å²) in [5.74, 6) is 2.49. The second-order valence-electron chi connectivity index (χ2n) is 9.35. The molecule has 3 aromatic carbocycles. The number of rotatable bonds is 3. The maximum atomic E-state index is 13.0. The van der Waals surface area contributed by atoms with Gasteiger partial charge in [0, 0.05) is 21.4 Å². The maximum absolute atomic E-state index is 13.0. The van der Waals surface area contributed by atoms with Crippen LogP contribution >= 0.6 is 27.5 Å². The zero-order valence-electron chi connectivity index (χ0n) is 17.5. The SMILES string of the molecule is O=C(Nc1ccc(Br)c(Cl)c1)c1ccc2c(c1)[C@@H]1[C@H]3CC[C@H](C3)[C@@H]1[C@@H](c1ccccc1)N2. The van der Waals surface area contributed by atoms with Crippen molar-refractivity contribution < 1.29 is 4.79 Å². The van der Waals surface area contributed by atoms with Crippen LogP contribution in [0.2, 0.25) is 5.02 Å². The van der Waals surface area contributed by atoms with Crippen molar-refractivity contribution in [2.75, 3.05) is 10.6 Å². The summed E-state index contributed by atoms with van der Waals surface area (Å²) in [5, 5.41) is 7.42. The van der Waals surface area contributed by atoms with Crippen molar-refractivity contribution in [2.24, 2.45) is 17.8 Å². The number of nitrogens with one attached hydrogen (secondary N) is 2. The molecule has 2 saturated carbocycles. The third kappa shape index (κ3) is 3.36. The zero-order chi connectivity index (χ0) is 21.8. The fourth-order valence-corrected chi connectivity index (χ4v) is 6.82. The van der Waals surface area contributed by atoms with Gasteiger partial charge in [0.05, 0.1) is 11.1 Å². The molecule has 5 atom stereocenters. The van der Waals surface area contributed by atoms with E-state index in [-0.39, 0.29) is 5.91 Å². The molecule has 6 rings (SSSR count). The van der Waals surface area contributed by atoms with Gasteiger partial charge in [0.15, 0.2) is 0 Å². The predicted molar refractivity (Wildman–Crippen MR) is 133 cm³/mol. The molecule has 32 heavy (non-hydrogen) atoms. The highest BCUT2D eigenvalue weighted by molar-refractivity contribution is 9.10. The summed E-state index contributed by atoms with van der Waals surface area (Å²) in [4.78, 5) is 13.0. The molecule has 1 amide bonds. The molecule has 0 saturated heterocycles. The van der Waals surface area contributed by atoms with Crippen molar-refractivity contribution >= 4 is 44.8 Å². The van der Waals surface area contributed by atoms with E-state index in [9.17, 15) is 4.79 Å². The first-order valence-electron chi connectivity index (χ1n) is 11.3. The lowest BCUT2D eigenvalue weighted by Crippen LogP contribution is -2.35. The standard InChI is InChI=1S/C27H24BrClN2O/c28-21-10-9-19(14-22(21)29)30-27(32)18-8-11-23-20(13-18)24-16-6-7-17(12-16)25(24)26(31-23)15-4-2-1-3-5-15/h1-5,8-11,13-14,16-17,24-26,31H,6-7,12H2,(H,30,32)/t16-,17+,24-,25-,26+/m0/s1. The smallest absolute Gasteiger partial charge is 0.255 e. The Kier molecular flexibility index (Phi) is 5.03. The summed E-state index contributed by atoms with van der Waals surface area (Å²) in [6, 6.07) is 22.8. The Hall–Kier alpha value is -2.30. The van der Waals surface area contributed by atoms with E-state index in [0.717, 1.165) is 16.3 Å². The minimum Gasteiger partial charge on any atom is -0.378 e. The topological polar surface area (TPSA) is 41.1 Å². The molecule has 0 radical (unpaired) electrons. The largest absolute Gasteiger partial charge is 0.378 e. The molecule has 0 unspecified atom stereocenters. The van der Waals surface area contributed by atoms with Gasteiger partial charge in [0.1, 0.15) is 0 Å². The summed E-state index contributed by atoms with van der Waals surface area (Å²) >= 11 is 9.59. The van der Waals surface area contributed by atoms with Crippen LogP contribution in [0.15, 0.2) is 71.2 Å². The van der Waals surface area contributed by atoms with E-state index in [4.69, 9.17) is 11.6 Å². The summed E-state index contributed by atoms with van der Waals surface area (Å²) < 4.78 is 0.812. The van der Waals surface area contributed by atoms with E-state index in [0.29, 0.717) is 34.2 Å². The number of fused-ring (bicyclic) bond motifs is 7. The summed E-state index contributed by atoms with van der Waals surface area (Å²) in [6.07, 6.45) is 3.95. The van der Waals surface area contributed by atoms with Crippen molar-refractivity contribution in [2.45, 2.75) is 31.2 Å². The average molecular weight is 508 g/mol. The first-order valence-corrected chi connectivity index (χ1v) is 12.5. The van der Waals surface area contributed by atoms with E-state index < -0.39 is 0 Å². The molecule has 3 aliphatic rings. The maximum Gasteiger partial charge on any atom is 0.255 e. The minimum atomic E-state index is -0.101. The molecule has 2 N–H and O–H groups in total. The molecule has 3 nitrogen and oxygen atoms in total. The van der Waals surface area contributed by atoms with Crippen molar-refractivity contribution in [1.82, 2.24) is 0 Å². The Morgan fingerprint density at radius 3 is 2.62 bits per heavy atom. The van der Waals surface area contributed by atoms with Gasteiger partial charge < -0.3 is 10.6 Å². The predicted octanol–water partition coefficient (Wildman–Crippen LogP) is 7.65. The first-order chi connectivity index (χ1) is 15.6. The van der Waals surface area contributed by atoms with Gasteiger partial charge in [0.2, 0.25) is 0 Å². The van der Waals surface area contributed by atoms with Crippen molar-refractivity contribution in [3.05, 3.63) is 92.9 Å². The highest BCUT2D eigenvalue weighted by Crippen LogP contribution is 2.63. The molecule has 162 valence electrons. The lowest BCUT2D eigenvalue weighted by atomic mass is 9.68. The average Bonchev–Trinajstić information content (AvgIpc) is 3.44. The van der Waals surface area contributed by atoms with Crippen LogP contribution in [0.1, 0.15) is 52.7 Å². The lowest BCUT2D eigenvalue weighted by Gasteiger charge is -2.43. The van der Waals surface area contributed by atoms with Gasteiger partial charge in [-0.2, -0.15) is 0 Å². The Morgan fingerprint density at radius 2 is 1.81 bits per heavy atom. The normalized spacial score (nSPS) is 27.4. The highest BCUT2D eigenvalue weighted by Gasteiger charge is 2.53. The quantitative estimate of drug-likeness (QED) is 0.382. The first kappa shape index (κ1) is 20.3. The third-order valence-electron chi connectivity index (χ3n) is 7.69. The number of carbonyl (C=O) groups excluding carboxylic acids is 1. The number of halogens is 2. The van der Waals surface area contributed by atoms with Crippen LogP contribution in [0.3, 0.4) is 0 Å². The van der Waals surface area contributed by atoms with Crippen LogP contribution in [-0.4, -0.2) is 5.91 Å². The molecule has 0 spiro atoms. The van der Waals surface area contributed by atoms with E-state index in [1.807, 2.05) is 18.2 Å². The molecule has 1 aliphatic heterocycles. The molecule has 0 aromatic heterocycles. The van der Waals surface area contributed by atoms with Crippen LogP contribution < -0.4 is 10.6 Å². The van der Waals surface area contributed by atoms with Crippen molar-refractivity contribution in [3.63, 3.8) is 0 Å². The van der Waals surface area contributed by atoms with Crippen LogP contribution in [-0.2, 0) is 0 Å². The molecule has 1 heterocycles. The lowest BCUT2D eigenvalue weighted by molar-refractivity contribution is 0.102. The van der Waals surface area contributed by atoms with Gasteiger partial charge in [-0.15, -0.1) is 0 Å². The molecule has 2 bridgehead atoms. The number of benzene rings is 3. The number of hydrogen-bond donors (Lipinski definition) is 2. The van der Waals surface area contributed by atoms with Crippen LogP contribution in [0.25, 0.3) is 0 Å². The second-order valence-corrected chi connectivity index (χ2v) is 10.6. The highest BCUT2D eigenvalue weighted by atomic mass is 79.9. The monoisotopic (exact) mass is 506 g/mol. The van der Waals surface area contributed by atoms with Crippen LogP contribution in [0.5, 0.6) is 0 Å². The number of anilines is 2. The molecular formula is C27H24BrClN2O. The summed E-state index contributed by atoms with van der Waals surface area (Å²) in [5.41, 5.74) is 5.26. The van der Waals surface area contributed by atoms with Gasteiger partial charge in [-0.1, -0.05) is 41.9 Å². The van der Waals surface area contributed by atoms with E-state index in [2.05, 4.69) is 69.0 Å². The summed E-state index contributed by atoms with van der Waals surface area (Å²) in [6.45, 7) is 0. The fourth-order valence-electron chi connectivity index (χ4n) is 6.39. The van der Waals surface area contributed by atoms with Crippen LogP contribution in [0, 0.1) is 17.8 Å². The van der Waals surface area contributed by atoms with Crippen molar-refractivity contribution in [1.29, 1.82) is 0 Å². The second kappa shape index (κ2) is 7.93. The van der Waals surface area contributed by atoms with Gasteiger partial charge in [-0.3, -0.25) is 4.79 Å². The number of carbonyl (C=O) groups is 1. The molecule has 2 fully saturated rings. The van der Waals surface area contributed by atoms with Gasteiger partial charge in [-0.05, 0) is 106 Å². The Bertz CT molecular complexity index is 1200. The zero-order valence-corrected chi connectivity index (χ0v) is 19.9.